The molecule has 0 fully saturated rings. The largest absolute Gasteiger partial charge is 0.387 e. The maximum atomic E-state index is 12.8. The molecule has 0 spiro atoms. The highest BCUT2D eigenvalue weighted by molar-refractivity contribution is 6.42. The van der Waals surface area contributed by atoms with Crippen LogP contribution in [0.15, 0.2) is 65.7 Å². The molecule has 0 aliphatic heterocycles. The second-order valence-electron chi connectivity index (χ2n) is 8.71. The minimum Gasteiger partial charge on any atom is -0.387 e. The SMILES string of the molecule is CCCCN=C(N)CCNC(=O)c1ccc2c(c1)nc(-c1ccc(Cl)c(Cl)c1)n2Cc1ccc(Cl)cc1. The van der Waals surface area contributed by atoms with E-state index < -0.39 is 0 Å². The molecule has 192 valence electrons. The fourth-order valence-electron chi connectivity index (χ4n) is 3.93. The summed E-state index contributed by atoms with van der Waals surface area (Å²) < 4.78 is 2.09. The van der Waals surface area contributed by atoms with Crippen LogP contribution in [0.2, 0.25) is 15.1 Å². The summed E-state index contributed by atoms with van der Waals surface area (Å²) in [4.78, 5) is 22.0. The Hall–Kier alpha value is -3.06. The lowest BCUT2D eigenvalue weighted by molar-refractivity contribution is 0.0955. The van der Waals surface area contributed by atoms with Gasteiger partial charge >= 0.3 is 0 Å². The zero-order valence-corrected chi connectivity index (χ0v) is 22.7. The highest BCUT2D eigenvalue weighted by Crippen LogP contribution is 2.31. The predicted molar refractivity (Wildman–Crippen MR) is 154 cm³/mol. The number of rotatable bonds is 10. The first-order valence-corrected chi connectivity index (χ1v) is 13.3. The normalized spacial score (nSPS) is 11.7. The number of unbranched alkanes of at least 4 members (excludes halogenated alkanes) is 1. The molecule has 0 unspecified atom stereocenters. The van der Waals surface area contributed by atoms with Gasteiger partial charge in [-0.2, -0.15) is 0 Å². The minimum atomic E-state index is -0.188. The van der Waals surface area contributed by atoms with Gasteiger partial charge in [-0.1, -0.05) is 60.3 Å². The number of nitrogens with two attached hydrogens (primary N) is 1. The number of amidine groups is 1. The van der Waals surface area contributed by atoms with Crippen molar-refractivity contribution in [1.29, 1.82) is 0 Å². The zero-order valence-electron chi connectivity index (χ0n) is 20.5. The molecule has 0 saturated carbocycles. The Kier molecular flexibility index (Phi) is 9.09. The van der Waals surface area contributed by atoms with E-state index in [0.717, 1.165) is 35.3 Å². The van der Waals surface area contributed by atoms with Crippen LogP contribution >= 0.6 is 34.8 Å². The smallest absolute Gasteiger partial charge is 0.251 e. The number of nitrogens with zero attached hydrogens (tertiary/aromatic N) is 3. The van der Waals surface area contributed by atoms with Crippen molar-refractivity contribution < 1.29 is 4.79 Å². The fourth-order valence-corrected chi connectivity index (χ4v) is 4.35. The second-order valence-corrected chi connectivity index (χ2v) is 9.96. The number of aromatic nitrogens is 2. The van der Waals surface area contributed by atoms with Gasteiger partial charge in [-0.3, -0.25) is 9.79 Å². The molecule has 3 N–H and O–H groups in total. The number of aliphatic imine (C=N–C) groups is 1. The number of hydrogen-bond donors (Lipinski definition) is 2. The lowest BCUT2D eigenvalue weighted by atomic mass is 10.1. The van der Waals surface area contributed by atoms with Gasteiger partial charge in [-0.15, -0.1) is 0 Å². The van der Waals surface area contributed by atoms with Gasteiger partial charge in [-0.25, -0.2) is 4.98 Å². The number of hydrogen-bond acceptors (Lipinski definition) is 3. The van der Waals surface area contributed by atoms with Crippen molar-refractivity contribution >= 4 is 57.6 Å². The molecule has 4 aromatic rings. The van der Waals surface area contributed by atoms with E-state index in [1.165, 1.54) is 0 Å². The Morgan fingerprint density at radius 3 is 2.54 bits per heavy atom. The summed E-state index contributed by atoms with van der Waals surface area (Å²) in [6.45, 7) is 3.80. The molecule has 4 rings (SSSR count). The summed E-state index contributed by atoms with van der Waals surface area (Å²) in [5, 5.41) is 4.51. The monoisotopic (exact) mass is 555 g/mol. The molecule has 1 amide bonds. The number of amides is 1. The highest BCUT2D eigenvalue weighted by Gasteiger charge is 2.16. The Morgan fingerprint density at radius 2 is 1.81 bits per heavy atom. The first-order chi connectivity index (χ1) is 17.9. The van der Waals surface area contributed by atoms with Crippen LogP contribution < -0.4 is 11.1 Å². The van der Waals surface area contributed by atoms with E-state index in [-0.39, 0.29) is 5.91 Å². The Bertz CT molecular complexity index is 1430. The van der Waals surface area contributed by atoms with Crippen molar-refractivity contribution in [2.75, 3.05) is 13.1 Å². The summed E-state index contributed by atoms with van der Waals surface area (Å²) in [5.74, 6) is 1.08. The third kappa shape index (κ3) is 6.83. The molecular weight excluding hydrogens is 529 g/mol. The summed E-state index contributed by atoms with van der Waals surface area (Å²) in [5.41, 5.74) is 9.93. The lowest BCUT2D eigenvalue weighted by Gasteiger charge is -2.11. The van der Waals surface area contributed by atoms with Gasteiger partial charge in [0.15, 0.2) is 0 Å². The van der Waals surface area contributed by atoms with E-state index in [0.29, 0.717) is 58.0 Å². The molecule has 0 aliphatic carbocycles. The topological polar surface area (TPSA) is 85.3 Å². The summed E-state index contributed by atoms with van der Waals surface area (Å²) in [6, 6.07) is 18.6. The molecular formula is C28H28Cl3N5O. The van der Waals surface area contributed by atoms with E-state index >= 15 is 0 Å². The third-order valence-corrected chi connectivity index (χ3v) is 6.93. The van der Waals surface area contributed by atoms with Crippen LogP contribution in [0.5, 0.6) is 0 Å². The quantitative estimate of drug-likeness (QED) is 0.125. The molecule has 9 heteroatoms. The van der Waals surface area contributed by atoms with Crippen molar-refractivity contribution in [1.82, 2.24) is 14.9 Å². The van der Waals surface area contributed by atoms with E-state index in [2.05, 4.69) is 21.8 Å². The summed E-state index contributed by atoms with van der Waals surface area (Å²) in [7, 11) is 0. The average Bonchev–Trinajstić information content (AvgIpc) is 3.24. The molecule has 0 aliphatic rings. The number of carbonyl (C=O) groups excluding carboxylic acids is 1. The van der Waals surface area contributed by atoms with E-state index in [1.807, 2.05) is 36.4 Å². The summed E-state index contributed by atoms with van der Waals surface area (Å²) in [6.07, 6.45) is 2.58. The molecule has 0 atom stereocenters. The first kappa shape index (κ1) is 27.0. The van der Waals surface area contributed by atoms with Gasteiger partial charge in [0.1, 0.15) is 5.82 Å². The van der Waals surface area contributed by atoms with Crippen molar-refractivity contribution in [3.05, 3.63) is 86.9 Å². The van der Waals surface area contributed by atoms with Crippen LogP contribution in [0.25, 0.3) is 22.4 Å². The van der Waals surface area contributed by atoms with Crippen LogP contribution in [-0.2, 0) is 6.54 Å². The van der Waals surface area contributed by atoms with E-state index in [4.69, 9.17) is 45.5 Å². The molecule has 0 radical (unpaired) electrons. The fraction of sp³-hybridized carbons (Fsp3) is 0.250. The van der Waals surface area contributed by atoms with Crippen molar-refractivity contribution in [3.8, 4) is 11.4 Å². The Balaban J connectivity index is 1.61. The summed E-state index contributed by atoms with van der Waals surface area (Å²) >= 11 is 18.5. The maximum Gasteiger partial charge on any atom is 0.251 e. The van der Waals surface area contributed by atoms with Gasteiger partial charge in [0.2, 0.25) is 0 Å². The number of imidazole rings is 1. The minimum absolute atomic E-state index is 0.188. The number of carbonyl (C=O) groups is 1. The molecule has 37 heavy (non-hydrogen) atoms. The van der Waals surface area contributed by atoms with Crippen LogP contribution in [0.3, 0.4) is 0 Å². The van der Waals surface area contributed by atoms with Gasteiger partial charge < -0.3 is 15.6 Å². The number of nitrogens with one attached hydrogen (secondary N) is 1. The Labute approximate surface area is 231 Å². The standard InChI is InChI=1S/C28H28Cl3N5O/c1-2-3-13-33-26(32)12-14-34-28(37)20-7-11-25-24(16-20)35-27(19-6-10-22(30)23(31)15-19)36(25)17-18-4-8-21(29)9-5-18/h4-11,15-16H,2-3,12-14,17H2,1H3,(H2,32,33)(H,34,37). The number of fused-ring (bicyclic) bond motifs is 1. The molecule has 0 saturated heterocycles. The van der Waals surface area contributed by atoms with Crippen molar-refractivity contribution in [3.63, 3.8) is 0 Å². The molecule has 6 nitrogen and oxygen atoms in total. The number of halogens is 3. The van der Waals surface area contributed by atoms with Gasteiger partial charge in [0.25, 0.3) is 5.91 Å². The molecule has 1 heterocycles. The highest BCUT2D eigenvalue weighted by atomic mass is 35.5. The van der Waals surface area contributed by atoms with E-state index in [1.54, 1.807) is 24.3 Å². The van der Waals surface area contributed by atoms with Gasteiger partial charge in [-0.05, 0) is 60.5 Å². The predicted octanol–water partition coefficient (Wildman–Crippen LogP) is 6.99. The van der Waals surface area contributed by atoms with Crippen molar-refractivity contribution in [2.24, 2.45) is 10.7 Å². The average molecular weight is 557 g/mol. The third-order valence-electron chi connectivity index (χ3n) is 5.94. The first-order valence-electron chi connectivity index (χ1n) is 12.1. The van der Waals surface area contributed by atoms with Crippen LogP contribution in [0.4, 0.5) is 0 Å². The van der Waals surface area contributed by atoms with E-state index in [9.17, 15) is 4.79 Å². The van der Waals surface area contributed by atoms with Crippen molar-refractivity contribution in [2.45, 2.75) is 32.7 Å². The van der Waals surface area contributed by atoms with Crippen LogP contribution in [0.1, 0.15) is 42.1 Å². The molecule has 1 aromatic heterocycles. The van der Waals surface area contributed by atoms with Crippen LogP contribution in [0, 0.1) is 0 Å². The lowest BCUT2D eigenvalue weighted by Crippen LogP contribution is -2.28. The van der Waals surface area contributed by atoms with Gasteiger partial charge in [0, 0.05) is 42.2 Å². The second kappa shape index (κ2) is 12.5. The zero-order chi connectivity index (χ0) is 26.4. The van der Waals surface area contributed by atoms with Gasteiger partial charge in [0.05, 0.1) is 26.9 Å². The maximum absolute atomic E-state index is 12.8. The van der Waals surface area contributed by atoms with Crippen LogP contribution in [-0.4, -0.2) is 34.4 Å². The Morgan fingerprint density at radius 1 is 1.03 bits per heavy atom. The molecule has 3 aromatic carbocycles. The molecule has 0 bridgehead atoms. The number of benzene rings is 3.